The summed E-state index contributed by atoms with van der Waals surface area (Å²) in [5.74, 6) is 0. The van der Waals surface area contributed by atoms with Crippen LogP contribution in [-0.4, -0.2) is 24.5 Å². The molecule has 0 bridgehead atoms. The maximum Gasteiger partial charge on any atom is 0.324 e. The van der Waals surface area contributed by atoms with Crippen molar-refractivity contribution in [2.24, 2.45) is 0 Å². The van der Waals surface area contributed by atoms with Crippen LogP contribution in [-0.2, 0) is 0 Å². The van der Waals surface area contributed by atoms with Gasteiger partial charge in [-0.25, -0.2) is 0 Å². The van der Waals surface area contributed by atoms with Gasteiger partial charge in [0.2, 0.25) is 0 Å². The van der Waals surface area contributed by atoms with E-state index in [0.29, 0.717) is 0 Å². The third kappa shape index (κ3) is 4.12. The van der Waals surface area contributed by atoms with Crippen molar-refractivity contribution in [3.05, 3.63) is 0 Å². The molecule has 0 aromatic carbocycles. The average Bonchev–Trinajstić information content (AvgIpc) is 2.03. The van der Waals surface area contributed by atoms with E-state index in [1.165, 1.54) is 6.42 Å². The fraction of sp³-hybridized carbons (Fsp3) is 1.00. The Hall–Kier alpha value is 0.757. The van der Waals surface area contributed by atoms with E-state index in [1.54, 1.807) is 0 Å². The van der Waals surface area contributed by atoms with E-state index < -0.39 is 6.86 Å². The predicted octanol–water partition coefficient (Wildman–Crippen LogP) is 3.54. The van der Waals surface area contributed by atoms with E-state index in [-0.39, 0.29) is 0 Å². The zero-order chi connectivity index (χ0) is 9.61. The van der Waals surface area contributed by atoms with E-state index in [4.69, 9.17) is 22.2 Å². The number of unbranched alkanes of at least 4 members (excludes halogenated alkanes) is 1. The molecule has 4 heteroatoms. The molecule has 0 spiro atoms. The minimum absolute atomic E-state index is 0.972. The molecular weight excluding hydrogens is 209 g/mol. The van der Waals surface area contributed by atoms with Gasteiger partial charge in [0, 0.05) is 0 Å². The molecule has 74 valence electrons. The summed E-state index contributed by atoms with van der Waals surface area (Å²) in [5, 5.41) is 0. The second-order valence-corrected chi connectivity index (χ2v) is 9.74. The van der Waals surface area contributed by atoms with E-state index in [9.17, 15) is 0 Å². The number of halogens is 2. The Kier molecular flexibility index (Phi) is 6.64. The Morgan fingerprint density at radius 2 is 1.58 bits per heavy atom. The second kappa shape index (κ2) is 6.25. The first-order valence-corrected chi connectivity index (χ1v) is 8.89. The topological polar surface area (TPSA) is 3.24 Å². The SMILES string of the molecule is CCCC[Si](Cl)(Cl)N(CC)CC. The van der Waals surface area contributed by atoms with Gasteiger partial charge in [-0.1, -0.05) is 33.6 Å². The van der Waals surface area contributed by atoms with Crippen LogP contribution in [0, 0.1) is 0 Å². The highest BCUT2D eigenvalue weighted by molar-refractivity contribution is 7.44. The number of hydrogen-bond donors (Lipinski definition) is 0. The number of nitrogens with zero attached hydrogens (tertiary/aromatic N) is 1. The van der Waals surface area contributed by atoms with Gasteiger partial charge in [0.1, 0.15) is 0 Å². The van der Waals surface area contributed by atoms with Crippen LogP contribution in [0.15, 0.2) is 0 Å². The third-order valence-corrected chi connectivity index (χ3v) is 7.14. The van der Waals surface area contributed by atoms with Crippen molar-refractivity contribution in [1.82, 2.24) is 4.57 Å². The molecule has 0 heterocycles. The minimum atomic E-state index is -2.08. The molecule has 0 saturated heterocycles. The molecule has 0 aromatic heterocycles. The molecular formula is C8H19Cl2NSi. The van der Waals surface area contributed by atoms with Gasteiger partial charge in [0.15, 0.2) is 0 Å². The summed E-state index contributed by atoms with van der Waals surface area (Å²) in [7, 11) is 0. The summed E-state index contributed by atoms with van der Waals surface area (Å²) >= 11 is 12.6. The predicted molar refractivity (Wildman–Crippen MR) is 60.1 cm³/mol. The Balaban J connectivity index is 3.96. The van der Waals surface area contributed by atoms with Crippen LogP contribution in [0.5, 0.6) is 0 Å². The van der Waals surface area contributed by atoms with Crippen molar-refractivity contribution in [2.45, 2.75) is 39.7 Å². The lowest BCUT2D eigenvalue weighted by molar-refractivity contribution is 0.480. The highest BCUT2D eigenvalue weighted by Gasteiger charge is 2.33. The van der Waals surface area contributed by atoms with E-state index in [1.807, 2.05) is 0 Å². The van der Waals surface area contributed by atoms with E-state index in [2.05, 4.69) is 25.3 Å². The highest BCUT2D eigenvalue weighted by atomic mass is 35.7. The number of hydrogen-bond acceptors (Lipinski definition) is 1. The fourth-order valence-corrected chi connectivity index (χ4v) is 5.49. The minimum Gasteiger partial charge on any atom is -0.301 e. The van der Waals surface area contributed by atoms with Gasteiger partial charge in [0.05, 0.1) is 0 Å². The van der Waals surface area contributed by atoms with E-state index >= 15 is 0 Å². The van der Waals surface area contributed by atoms with Crippen LogP contribution < -0.4 is 0 Å². The molecule has 1 nitrogen and oxygen atoms in total. The third-order valence-electron chi connectivity index (χ3n) is 2.06. The molecule has 0 amide bonds. The molecule has 0 fully saturated rings. The van der Waals surface area contributed by atoms with Gasteiger partial charge < -0.3 is 4.57 Å². The monoisotopic (exact) mass is 227 g/mol. The average molecular weight is 228 g/mol. The molecule has 0 atom stereocenters. The van der Waals surface area contributed by atoms with Crippen molar-refractivity contribution < 1.29 is 0 Å². The Bertz CT molecular complexity index is 116. The van der Waals surface area contributed by atoms with Gasteiger partial charge in [0.25, 0.3) is 0 Å². The summed E-state index contributed by atoms with van der Waals surface area (Å²) in [6.45, 7) is 6.26. The van der Waals surface area contributed by atoms with Crippen LogP contribution in [0.2, 0.25) is 6.04 Å². The van der Waals surface area contributed by atoms with Crippen molar-refractivity contribution in [1.29, 1.82) is 0 Å². The Morgan fingerprint density at radius 3 is 1.92 bits per heavy atom. The molecule has 12 heavy (non-hydrogen) atoms. The standard InChI is InChI=1S/C8H19Cl2NSi/c1-4-7-8-12(9,10)11(5-2)6-3/h4-8H2,1-3H3. The lowest BCUT2D eigenvalue weighted by Gasteiger charge is -2.29. The molecule has 0 aromatic rings. The van der Waals surface area contributed by atoms with Crippen LogP contribution in [0.1, 0.15) is 33.6 Å². The summed E-state index contributed by atoms with van der Waals surface area (Å²) in [6, 6.07) is 0.994. The van der Waals surface area contributed by atoms with Crippen molar-refractivity contribution >= 4 is 29.0 Å². The normalized spacial score (nSPS) is 12.5. The maximum atomic E-state index is 6.31. The molecule has 0 rings (SSSR count). The Morgan fingerprint density at radius 1 is 1.08 bits per heavy atom. The highest BCUT2D eigenvalue weighted by Crippen LogP contribution is 2.26. The zero-order valence-corrected chi connectivity index (χ0v) is 10.8. The van der Waals surface area contributed by atoms with Crippen LogP contribution in [0.25, 0.3) is 0 Å². The van der Waals surface area contributed by atoms with Crippen LogP contribution in [0.3, 0.4) is 0 Å². The molecule has 0 radical (unpaired) electrons. The molecule has 0 aliphatic heterocycles. The fourth-order valence-electron chi connectivity index (χ4n) is 1.23. The first-order chi connectivity index (χ1) is 5.58. The lowest BCUT2D eigenvalue weighted by Crippen LogP contribution is -2.44. The summed E-state index contributed by atoms with van der Waals surface area (Å²) in [5.41, 5.74) is 0. The van der Waals surface area contributed by atoms with Crippen molar-refractivity contribution in [3.8, 4) is 0 Å². The molecule has 0 N–H and O–H groups in total. The quantitative estimate of drug-likeness (QED) is 0.496. The maximum absolute atomic E-state index is 6.31. The zero-order valence-electron chi connectivity index (χ0n) is 8.24. The van der Waals surface area contributed by atoms with Crippen LogP contribution >= 0.6 is 22.2 Å². The smallest absolute Gasteiger partial charge is 0.301 e. The molecule has 0 unspecified atom stereocenters. The van der Waals surface area contributed by atoms with Crippen molar-refractivity contribution in [2.75, 3.05) is 13.1 Å². The van der Waals surface area contributed by atoms with Gasteiger partial charge in [-0.2, -0.15) is 0 Å². The van der Waals surface area contributed by atoms with Gasteiger partial charge in [-0.15, -0.1) is 22.2 Å². The largest absolute Gasteiger partial charge is 0.324 e. The first kappa shape index (κ1) is 12.8. The van der Waals surface area contributed by atoms with E-state index in [0.717, 1.165) is 25.6 Å². The van der Waals surface area contributed by atoms with Crippen LogP contribution in [0.4, 0.5) is 0 Å². The second-order valence-electron chi connectivity index (χ2n) is 2.94. The summed E-state index contributed by atoms with van der Waals surface area (Å²) in [4.78, 5) is 0. The molecule has 0 saturated carbocycles. The van der Waals surface area contributed by atoms with Gasteiger partial charge in [-0.3, -0.25) is 0 Å². The van der Waals surface area contributed by atoms with Gasteiger partial charge in [-0.05, 0) is 19.1 Å². The summed E-state index contributed by atoms with van der Waals surface area (Å²) < 4.78 is 2.21. The first-order valence-electron chi connectivity index (χ1n) is 4.71. The summed E-state index contributed by atoms with van der Waals surface area (Å²) in [6.07, 6.45) is 2.32. The number of rotatable bonds is 6. The van der Waals surface area contributed by atoms with Gasteiger partial charge >= 0.3 is 6.86 Å². The lowest BCUT2D eigenvalue weighted by atomic mass is 10.4. The molecule has 0 aliphatic rings. The molecule has 0 aliphatic carbocycles. The Labute approximate surface area is 86.5 Å². The van der Waals surface area contributed by atoms with Crippen molar-refractivity contribution in [3.63, 3.8) is 0 Å².